The van der Waals surface area contributed by atoms with Gasteiger partial charge in [0.25, 0.3) is 0 Å². The number of rotatable bonds is 5. The highest BCUT2D eigenvalue weighted by molar-refractivity contribution is 5.78. The lowest BCUT2D eigenvalue weighted by atomic mass is 10.3. The highest BCUT2D eigenvalue weighted by atomic mass is 16.6. The Labute approximate surface area is 83.6 Å². The van der Waals surface area contributed by atoms with E-state index in [0.29, 0.717) is 19.4 Å². The predicted molar refractivity (Wildman–Crippen MR) is 49.5 cm³/mol. The van der Waals surface area contributed by atoms with Crippen molar-refractivity contribution < 1.29 is 19.1 Å². The standard InChI is InChI=1S/C10H16O4/c1-3-5-9(11)14-8-6-7(8)10(12)13-4-2/h7-8H,3-6H2,1-2H3/t7-,8-/m1/s1. The minimum atomic E-state index is -0.248. The van der Waals surface area contributed by atoms with Crippen LogP contribution in [0.25, 0.3) is 0 Å². The molecule has 0 bridgehead atoms. The van der Waals surface area contributed by atoms with Crippen molar-refractivity contribution in [2.45, 2.75) is 39.2 Å². The number of carbonyl (C=O) groups is 2. The Morgan fingerprint density at radius 2 is 2.07 bits per heavy atom. The molecule has 0 aliphatic heterocycles. The number of hydrogen-bond acceptors (Lipinski definition) is 4. The van der Waals surface area contributed by atoms with Gasteiger partial charge < -0.3 is 9.47 Å². The molecule has 4 heteroatoms. The van der Waals surface area contributed by atoms with E-state index in [1.54, 1.807) is 6.92 Å². The molecule has 4 nitrogen and oxygen atoms in total. The summed E-state index contributed by atoms with van der Waals surface area (Å²) in [6.45, 7) is 4.06. The average molecular weight is 200 g/mol. The summed E-state index contributed by atoms with van der Waals surface area (Å²) >= 11 is 0. The van der Waals surface area contributed by atoms with Crippen LogP contribution in [0.1, 0.15) is 33.1 Å². The first kappa shape index (κ1) is 11.0. The van der Waals surface area contributed by atoms with Gasteiger partial charge in [0.2, 0.25) is 0 Å². The molecule has 0 spiro atoms. The van der Waals surface area contributed by atoms with Gasteiger partial charge in [-0.3, -0.25) is 9.59 Å². The minimum absolute atomic E-state index is 0.212. The van der Waals surface area contributed by atoms with E-state index in [1.807, 2.05) is 6.92 Å². The first-order valence-corrected chi connectivity index (χ1v) is 5.05. The van der Waals surface area contributed by atoms with Crippen LogP contribution in [-0.4, -0.2) is 24.6 Å². The summed E-state index contributed by atoms with van der Waals surface area (Å²) in [7, 11) is 0. The highest BCUT2D eigenvalue weighted by Gasteiger charge is 2.47. The van der Waals surface area contributed by atoms with Crippen LogP contribution < -0.4 is 0 Å². The van der Waals surface area contributed by atoms with Crippen LogP contribution in [0.4, 0.5) is 0 Å². The Morgan fingerprint density at radius 1 is 1.36 bits per heavy atom. The van der Waals surface area contributed by atoms with Crippen LogP contribution in [0, 0.1) is 5.92 Å². The van der Waals surface area contributed by atoms with Crippen molar-refractivity contribution in [3.63, 3.8) is 0 Å². The molecule has 0 unspecified atom stereocenters. The largest absolute Gasteiger partial charge is 0.466 e. The van der Waals surface area contributed by atoms with Crippen molar-refractivity contribution in [3.8, 4) is 0 Å². The van der Waals surface area contributed by atoms with Crippen molar-refractivity contribution in [3.05, 3.63) is 0 Å². The van der Waals surface area contributed by atoms with E-state index in [2.05, 4.69) is 0 Å². The van der Waals surface area contributed by atoms with Crippen LogP contribution in [0.5, 0.6) is 0 Å². The molecule has 80 valence electrons. The lowest BCUT2D eigenvalue weighted by Crippen LogP contribution is -2.13. The molecular weight excluding hydrogens is 184 g/mol. The van der Waals surface area contributed by atoms with Crippen molar-refractivity contribution in [1.82, 2.24) is 0 Å². The Morgan fingerprint density at radius 3 is 2.64 bits per heavy atom. The van der Waals surface area contributed by atoms with E-state index < -0.39 is 0 Å². The first-order chi connectivity index (χ1) is 6.69. The lowest BCUT2D eigenvalue weighted by Gasteiger charge is -2.02. The molecule has 1 rings (SSSR count). The highest BCUT2D eigenvalue weighted by Crippen LogP contribution is 2.35. The maximum atomic E-state index is 11.1. The molecule has 0 N–H and O–H groups in total. The zero-order chi connectivity index (χ0) is 10.6. The molecule has 14 heavy (non-hydrogen) atoms. The quantitative estimate of drug-likeness (QED) is 0.627. The Bertz CT molecular complexity index is 224. The number of ether oxygens (including phenoxy) is 2. The van der Waals surface area contributed by atoms with Gasteiger partial charge in [0.05, 0.1) is 12.5 Å². The first-order valence-electron chi connectivity index (χ1n) is 5.05. The van der Waals surface area contributed by atoms with Crippen LogP contribution >= 0.6 is 0 Å². The van der Waals surface area contributed by atoms with Crippen molar-refractivity contribution in [2.24, 2.45) is 5.92 Å². The lowest BCUT2D eigenvalue weighted by molar-refractivity contribution is -0.149. The van der Waals surface area contributed by atoms with E-state index in [0.717, 1.165) is 6.42 Å². The van der Waals surface area contributed by atoms with Gasteiger partial charge in [-0.2, -0.15) is 0 Å². The number of hydrogen-bond donors (Lipinski definition) is 0. The smallest absolute Gasteiger partial charge is 0.312 e. The van der Waals surface area contributed by atoms with Gasteiger partial charge >= 0.3 is 11.9 Å². The second-order valence-corrected chi connectivity index (χ2v) is 3.37. The topological polar surface area (TPSA) is 52.6 Å². The fraction of sp³-hybridized carbons (Fsp3) is 0.800. The van der Waals surface area contributed by atoms with Crippen LogP contribution in [0.15, 0.2) is 0 Å². The van der Waals surface area contributed by atoms with Crippen LogP contribution in [0.2, 0.25) is 0 Å². The summed E-state index contributed by atoms with van der Waals surface area (Å²) in [6, 6.07) is 0. The molecule has 0 aromatic heterocycles. The second-order valence-electron chi connectivity index (χ2n) is 3.37. The summed E-state index contributed by atoms with van der Waals surface area (Å²) in [5, 5.41) is 0. The maximum absolute atomic E-state index is 11.1. The third kappa shape index (κ3) is 3.01. The molecule has 1 aliphatic carbocycles. The predicted octanol–water partition coefficient (Wildman–Crippen LogP) is 1.28. The Kier molecular flexibility index (Phi) is 3.92. The third-order valence-electron chi connectivity index (χ3n) is 2.06. The molecule has 2 atom stereocenters. The average Bonchev–Trinajstić information content (AvgIpc) is 2.84. The summed E-state index contributed by atoms with van der Waals surface area (Å²) < 4.78 is 9.85. The van der Waals surface area contributed by atoms with Crippen molar-refractivity contribution in [1.29, 1.82) is 0 Å². The number of esters is 2. The summed E-state index contributed by atoms with van der Waals surface area (Å²) in [5.74, 6) is -0.679. The van der Waals surface area contributed by atoms with Gasteiger partial charge in [-0.15, -0.1) is 0 Å². The molecular formula is C10H16O4. The normalized spacial score (nSPS) is 24.1. The van der Waals surface area contributed by atoms with Gasteiger partial charge in [0.15, 0.2) is 0 Å². The van der Waals surface area contributed by atoms with Gasteiger partial charge in [-0.25, -0.2) is 0 Å². The van der Waals surface area contributed by atoms with E-state index in [4.69, 9.17) is 9.47 Å². The fourth-order valence-corrected chi connectivity index (χ4v) is 1.23. The molecule has 0 heterocycles. The Balaban J connectivity index is 2.19. The monoisotopic (exact) mass is 200 g/mol. The molecule has 1 aliphatic rings. The zero-order valence-electron chi connectivity index (χ0n) is 8.62. The molecule has 0 radical (unpaired) electrons. The molecule has 1 saturated carbocycles. The van der Waals surface area contributed by atoms with E-state index in [1.165, 1.54) is 0 Å². The molecule has 1 fully saturated rings. The minimum Gasteiger partial charge on any atom is -0.466 e. The van der Waals surface area contributed by atoms with Crippen LogP contribution in [-0.2, 0) is 19.1 Å². The zero-order valence-corrected chi connectivity index (χ0v) is 8.62. The number of carbonyl (C=O) groups excluding carboxylic acids is 2. The second kappa shape index (κ2) is 4.98. The molecule has 0 saturated heterocycles. The summed E-state index contributed by atoms with van der Waals surface area (Å²) in [4.78, 5) is 22.2. The SMILES string of the molecule is CCCC(=O)O[C@@H]1C[C@H]1C(=O)OCC. The van der Waals surface area contributed by atoms with E-state index in [-0.39, 0.29) is 24.0 Å². The molecule has 0 amide bonds. The molecule has 0 aromatic carbocycles. The van der Waals surface area contributed by atoms with Gasteiger partial charge in [0, 0.05) is 12.8 Å². The third-order valence-corrected chi connectivity index (χ3v) is 2.06. The van der Waals surface area contributed by atoms with Gasteiger partial charge in [-0.05, 0) is 13.3 Å². The fourth-order valence-electron chi connectivity index (χ4n) is 1.23. The van der Waals surface area contributed by atoms with Crippen LogP contribution in [0.3, 0.4) is 0 Å². The van der Waals surface area contributed by atoms with Crippen molar-refractivity contribution in [2.75, 3.05) is 6.61 Å². The summed E-state index contributed by atoms with van der Waals surface area (Å²) in [5.41, 5.74) is 0. The van der Waals surface area contributed by atoms with Gasteiger partial charge in [0.1, 0.15) is 6.10 Å². The molecule has 0 aromatic rings. The Hall–Kier alpha value is -1.06. The summed E-state index contributed by atoms with van der Waals surface area (Å²) in [6.07, 6.45) is 1.59. The van der Waals surface area contributed by atoms with Gasteiger partial charge in [-0.1, -0.05) is 6.92 Å². The van der Waals surface area contributed by atoms with E-state index in [9.17, 15) is 9.59 Å². The maximum Gasteiger partial charge on any atom is 0.312 e. The van der Waals surface area contributed by atoms with E-state index >= 15 is 0 Å². The van der Waals surface area contributed by atoms with Crippen molar-refractivity contribution >= 4 is 11.9 Å².